The summed E-state index contributed by atoms with van der Waals surface area (Å²) in [6.45, 7) is 4.61. The Morgan fingerprint density at radius 3 is 2.61 bits per heavy atom. The smallest absolute Gasteiger partial charge is 0.338 e. The predicted octanol–water partition coefficient (Wildman–Crippen LogP) is 3.16. The molecule has 8 heteroatoms. The van der Waals surface area contributed by atoms with Crippen LogP contribution in [0.2, 0.25) is 0 Å². The van der Waals surface area contributed by atoms with Crippen molar-refractivity contribution in [3.05, 3.63) is 53.9 Å². The largest absolute Gasteiger partial charge is 0.454 e. The predicted molar refractivity (Wildman–Crippen MR) is 127 cm³/mol. The summed E-state index contributed by atoms with van der Waals surface area (Å²) in [6, 6.07) is 2.93. The van der Waals surface area contributed by atoms with Crippen molar-refractivity contribution in [1.29, 1.82) is 0 Å². The minimum absolute atomic E-state index is 0.125. The number of carbonyl (C=O) groups excluding carboxylic acids is 3. The van der Waals surface area contributed by atoms with E-state index in [1.165, 1.54) is 36.7 Å². The van der Waals surface area contributed by atoms with Crippen molar-refractivity contribution in [2.45, 2.75) is 63.8 Å². The van der Waals surface area contributed by atoms with Crippen molar-refractivity contribution in [1.82, 2.24) is 4.98 Å². The zero-order valence-corrected chi connectivity index (χ0v) is 20.7. The molecule has 4 aliphatic carbocycles. The number of aliphatic hydroxyl groups excluding tert-OH is 1. The molecule has 7 nitrogen and oxygen atoms in total. The van der Waals surface area contributed by atoms with E-state index in [9.17, 15) is 24.6 Å². The summed E-state index contributed by atoms with van der Waals surface area (Å²) in [5.74, 6) is -3.05. The van der Waals surface area contributed by atoms with Gasteiger partial charge >= 0.3 is 5.97 Å². The summed E-state index contributed by atoms with van der Waals surface area (Å²) in [4.78, 5) is 41.7. The molecule has 2 N–H and O–H groups in total. The van der Waals surface area contributed by atoms with Gasteiger partial charge < -0.3 is 14.9 Å². The summed E-state index contributed by atoms with van der Waals surface area (Å²) in [5.41, 5.74) is -5.27. The number of halogens is 1. The molecule has 0 spiro atoms. The molecule has 5 rings (SSSR count). The molecule has 0 radical (unpaired) electrons. The lowest BCUT2D eigenvalue weighted by molar-refractivity contribution is -0.219. The van der Waals surface area contributed by atoms with Crippen LogP contribution in [-0.4, -0.2) is 56.7 Å². The van der Waals surface area contributed by atoms with Gasteiger partial charge in [0.25, 0.3) is 0 Å². The molecule has 4 unspecified atom stereocenters. The summed E-state index contributed by atoms with van der Waals surface area (Å²) in [5, 5.41) is 23.3. The van der Waals surface area contributed by atoms with Crippen LogP contribution >= 0.6 is 0 Å². The minimum Gasteiger partial charge on any atom is -0.454 e. The number of fused-ring (bicyclic) bond motifs is 5. The molecule has 0 amide bonds. The third-order valence-electron chi connectivity index (χ3n) is 9.90. The maximum absolute atomic E-state index is 17.2. The summed E-state index contributed by atoms with van der Waals surface area (Å²) >= 11 is 0. The monoisotopic (exact) mass is 497 g/mol. The molecule has 36 heavy (non-hydrogen) atoms. The van der Waals surface area contributed by atoms with E-state index >= 15 is 4.39 Å². The minimum atomic E-state index is -2.04. The molecule has 1 aromatic rings. The Balaban J connectivity index is 1.44. The Hall–Kier alpha value is -2.71. The highest BCUT2D eigenvalue weighted by Gasteiger charge is 2.75. The number of ketones is 2. The molecule has 0 aromatic carbocycles. The normalized spacial score (nSPS) is 43.2. The van der Waals surface area contributed by atoms with Gasteiger partial charge in [-0.1, -0.05) is 25.5 Å². The van der Waals surface area contributed by atoms with Crippen LogP contribution < -0.4 is 0 Å². The fourth-order valence-corrected chi connectivity index (χ4v) is 7.95. The third-order valence-corrected chi connectivity index (χ3v) is 9.90. The van der Waals surface area contributed by atoms with Crippen LogP contribution in [0, 0.1) is 28.6 Å². The molecule has 4 aliphatic rings. The number of carbonyl (C=O) groups is 3. The van der Waals surface area contributed by atoms with E-state index in [1.54, 1.807) is 26.8 Å². The lowest BCUT2D eigenvalue weighted by Gasteiger charge is -2.62. The highest BCUT2D eigenvalue weighted by molar-refractivity contribution is 6.01. The number of hydrogen-bond acceptors (Lipinski definition) is 7. The van der Waals surface area contributed by atoms with Crippen LogP contribution in [0.4, 0.5) is 4.39 Å². The molecule has 0 aliphatic heterocycles. The Morgan fingerprint density at radius 1 is 1.22 bits per heavy atom. The molecule has 1 heterocycles. The van der Waals surface area contributed by atoms with Crippen LogP contribution in [-0.2, 0) is 14.3 Å². The molecule has 3 fully saturated rings. The molecule has 192 valence electrons. The first kappa shape index (κ1) is 25.0. The molecule has 0 bridgehead atoms. The molecule has 0 saturated heterocycles. The summed E-state index contributed by atoms with van der Waals surface area (Å²) in [6.07, 6.45) is 7.03. The van der Waals surface area contributed by atoms with Gasteiger partial charge in [-0.05, 0) is 68.7 Å². The van der Waals surface area contributed by atoms with E-state index in [-0.39, 0.29) is 23.7 Å². The number of aliphatic hydroxyl groups is 2. The number of nitrogens with zero attached hydrogens (tertiary/aromatic N) is 1. The number of hydrogen-bond donors (Lipinski definition) is 2. The van der Waals surface area contributed by atoms with Gasteiger partial charge in [0.2, 0.25) is 5.78 Å². The first-order valence-electron chi connectivity index (χ1n) is 12.5. The summed E-state index contributed by atoms with van der Waals surface area (Å²) in [7, 11) is 0. The average molecular weight is 498 g/mol. The van der Waals surface area contributed by atoms with Crippen LogP contribution in [0.15, 0.2) is 48.3 Å². The topological polar surface area (TPSA) is 114 Å². The lowest BCUT2D eigenvalue weighted by atomic mass is 9.44. The molecule has 3 saturated carbocycles. The molecule has 8 atom stereocenters. The SMILES string of the molecule is CC1CC2C3CCC4=CC(=O)C=C[C@]4(C)[C@@]3(F)C(O)C[C@]2(C)[C@@]1(O)C(=O)COC(=O)c1ccncc1. The van der Waals surface area contributed by atoms with Gasteiger partial charge in [-0.25, -0.2) is 9.18 Å². The third kappa shape index (κ3) is 3.10. The maximum Gasteiger partial charge on any atom is 0.338 e. The highest BCUT2D eigenvalue weighted by atomic mass is 19.1. The Bertz CT molecular complexity index is 1180. The number of ether oxygens (including phenoxy) is 1. The molecular formula is C28H32FNO6. The zero-order chi connectivity index (χ0) is 26.1. The highest BCUT2D eigenvalue weighted by Crippen LogP contribution is 2.70. The van der Waals surface area contributed by atoms with E-state index < -0.39 is 58.4 Å². The van der Waals surface area contributed by atoms with Crippen molar-refractivity contribution < 1.29 is 33.7 Å². The van der Waals surface area contributed by atoms with Crippen LogP contribution in [0.25, 0.3) is 0 Å². The Morgan fingerprint density at radius 2 is 1.92 bits per heavy atom. The Labute approximate surface area is 209 Å². The van der Waals surface area contributed by atoms with Gasteiger partial charge in [-0.3, -0.25) is 14.6 Å². The van der Waals surface area contributed by atoms with Gasteiger partial charge in [0.15, 0.2) is 18.1 Å². The zero-order valence-electron chi connectivity index (χ0n) is 20.7. The summed E-state index contributed by atoms with van der Waals surface area (Å²) < 4.78 is 22.4. The van der Waals surface area contributed by atoms with E-state index in [4.69, 9.17) is 4.74 Å². The quantitative estimate of drug-likeness (QED) is 0.615. The second kappa shape index (κ2) is 8.15. The van der Waals surface area contributed by atoms with Crippen molar-refractivity contribution in [3.63, 3.8) is 0 Å². The number of esters is 1. The van der Waals surface area contributed by atoms with Gasteiger partial charge in [0.05, 0.1) is 11.7 Å². The molecular weight excluding hydrogens is 465 g/mol. The van der Waals surface area contributed by atoms with Crippen molar-refractivity contribution in [2.75, 3.05) is 6.61 Å². The second-order valence-electron chi connectivity index (χ2n) is 11.4. The maximum atomic E-state index is 17.2. The van der Waals surface area contributed by atoms with Crippen LogP contribution in [0.1, 0.15) is 56.8 Å². The number of alkyl halides is 1. The average Bonchev–Trinajstić information content (AvgIpc) is 3.05. The second-order valence-corrected chi connectivity index (χ2v) is 11.4. The first-order chi connectivity index (χ1) is 16.9. The van der Waals surface area contributed by atoms with Gasteiger partial charge in [-0.15, -0.1) is 0 Å². The first-order valence-corrected chi connectivity index (χ1v) is 12.5. The fraction of sp³-hybridized carbons (Fsp3) is 0.571. The van der Waals surface area contributed by atoms with Crippen molar-refractivity contribution in [2.24, 2.45) is 28.6 Å². The lowest BCUT2D eigenvalue weighted by Crippen LogP contribution is -2.69. The number of pyridine rings is 1. The van der Waals surface area contributed by atoms with E-state index in [1.807, 2.05) is 0 Å². The van der Waals surface area contributed by atoms with Gasteiger partial charge in [0, 0.05) is 29.1 Å². The number of Topliss-reactive ketones (excluding diaryl/α,β-unsaturated/α-hetero) is 1. The molecule has 1 aromatic heterocycles. The van der Waals surface area contributed by atoms with Gasteiger partial charge in [0.1, 0.15) is 5.60 Å². The van der Waals surface area contributed by atoms with Crippen LogP contribution in [0.3, 0.4) is 0 Å². The van der Waals surface area contributed by atoms with Crippen LogP contribution in [0.5, 0.6) is 0 Å². The van der Waals surface area contributed by atoms with E-state index in [2.05, 4.69) is 4.98 Å². The number of aromatic nitrogens is 1. The number of rotatable bonds is 4. The van der Waals surface area contributed by atoms with Crippen molar-refractivity contribution in [3.8, 4) is 0 Å². The van der Waals surface area contributed by atoms with E-state index in [0.717, 1.165) is 0 Å². The van der Waals surface area contributed by atoms with Crippen molar-refractivity contribution >= 4 is 17.5 Å². The fourth-order valence-electron chi connectivity index (χ4n) is 7.95. The van der Waals surface area contributed by atoms with E-state index in [0.29, 0.717) is 24.8 Å². The Kier molecular flexibility index (Phi) is 5.65. The van der Waals surface area contributed by atoms with Gasteiger partial charge in [-0.2, -0.15) is 0 Å². The number of allylic oxidation sites excluding steroid dienone is 4. The standard InChI is InChI=1S/C28H32FNO6/c1-16-12-21-20-5-4-18-13-19(31)6-9-25(18,2)27(20,29)22(32)14-26(21,3)28(16,35)23(33)15-36-24(34)17-7-10-30-11-8-17/h6-11,13,16,20-22,32,35H,4-5,12,14-15H2,1-3H3/t16?,20?,21?,22?,25-,26-,27-,28-/m0/s1.